The zero-order valence-corrected chi connectivity index (χ0v) is 10.8. The molecule has 1 amide bonds. The number of benzene rings is 1. The molecule has 3 nitrogen and oxygen atoms in total. The summed E-state index contributed by atoms with van der Waals surface area (Å²) in [5.41, 5.74) is 2.00. The molecule has 4 heteroatoms. The predicted octanol–water partition coefficient (Wildman–Crippen LogP) is 2.95. The fraction of sp³-hybridized carbons (Fsp3) is 0.462. The fourth-order valence-electron chi connectivity index (χ4n) is 1.78. The molecule has 1 atom stereocenters. The molecular formula is C13H18N2OS. The van der Waals surface area contributed by atoms with Gasteiger partial charge in [0, 0.05) is 29.6 Å². The van der Waals surface area contributed by atoms with E-state index in [0.717, 1.165) is 11.4 Å². The smallest absolute Gasteiger partial charge is 0.224 e. The highest BCUT2D eigenvalue weighted by Crippen LogP contribution is 2.22. The number of carbonyl (C=O) groups excluding carboxylic acids is 1. The molecule has 1 aliphatic heterocycles. The molecule has 0 saturated carbocycles. The van der Waals surface area contributed by atoms with Gasteiger partial charge in [-0.2, -0.15) is 11.8 Å². The van der Waals surface area contributed by atoms with Gasteiger partial charge in [0.2, 0.25) is 5.91 Å². The van der Waals surface area contributed by atoms with Crippen LogP contribution in [0.2, 0.25) is 0 Å². The van der Waals surface area contributed by atoms with Gasteiger partial charge < -0.3 is 10.6 Å². The molecule has 1 heterocycles. The monoisotopic (exact) mass is 250 g/mol. The molecule has 2 N–H and O–H groups in total. The first-order chi connectivity index (χ1) is 8.28. The Morgan fingerprint density at radius 1 is 1.35 bits per heavy atom. The van der Waals surface area contributed by atoms with Crippen LogP contribution in [0.4, 0.5) is 11.4 Å². The third kappa shape index (κ3) is 3.66. The molecule has 1 fully saturated rings. The SMILES string of the molecule is CCC(=O)Nc1ccc(NC2CCSC2)cc1. The highest BCUT2D eigenvalue weighted by atomic mass is 32.2. The highest BCUT2D eigenvalue weighted by Gasteiger charge is 2.14. The zero-order chi connectivity index (χ0) is 12.1. The van der Waals surface area contributed by atoms with Crippen LogP contribution in [0, 0.1) is 0 Å². The van der Waals surface area contributed by atoms with Crippen LogP contribution in [0.15, 0.2) is 24.3 Å². The lowest BCUT2D eigenvalue weighted by Crippen LogP contribution is -2.18. The van der Waals surface area contributed by atoms with E-state index in [9.17, 15) is 4.79 Å². The van der Waals surface area contributed by atoms with Crippen molar-refractivity contribution >= 4 is 29.0 Å². The number of nitrogens with one attached hydrogen (secondary N) is 2. The Morgan fingerprint density at radius 2 is 2.06 bits per heavy atom. The average molecular weight is 250 g/mol. The quantitative estimate of drug-likeness (QED) is 0.863. The van der Waals surface area contributed by atoms with Gasteiger partial charge in [0.1, 0.15) is 0 Å². The summed E-state index contributed by atoms with van der Waals surface area (Å²) in [7, 11) is 0. The maximum atomic E-state index is 11.2. The van der Waals surface area contributed by atoms with E-state index in [1.807, 2.05) is 43.0 Å². The number of rotatable bonds is 4. The van der Waals surface area contributed by atoms with E-state index in [1.54, 1.807) is 0 Å². The molecule has 1 aliphatic rings. The summed E-state index contributed by atoms with van der Waals surface area (Å²) in [6.45, 7) is 1.85. The lowest BCUT2D eigenvalue weighted by molar-refractivity contribution is -0.115. The number of thioether (sulfide) groups is 1. The number of anilines is 2. The van der Waals surface area contributed by atoms with Gasteiger partial charge in [-0.1, -0.05) is 6.92 Å². The van der Waals surface area contributed by atoms with Crippen LogP contribution < -0.4 is 10.6 Å². The van der Waals surface area contributed by atoms with Gasteiger partial charge >= 0.3 is 0 Å². The normalized spacial score (nSPS) is 19.0. The molecule has 1 aromatic carbocycles. The molecule has 1 aromatic rings. The number of carbonyl (C=O) groups is 1. The van der Waals surface area contributed by atoms with Gasteiger partial charge in [-0.05, 0) is 36.4 Å². The summed E-state index contributed by atoms with van der Waals surface area (Å²) in [6.07, 6.45) is 1.75. The zero-order valence-electron chi connectivity index (χ0n) is 10.0. The molecule has 1 unspecified atom stereocenters. The van der Waals surface area contributed by atoms with Gasteiger partial charge in [0.05, 0.1) is 0 Å². The van der Waals surface area contributed by atoms with Crippen molar-refractivity contribution in [2.75, 3.05) is 22.1 Å². The largest absolute Gasteiger partial charge is 0.381 e. The van der Waals surface area contributed by atoms with Crippen LogP contribution in [0.5, 0.6) is 0 Å². The standard InChI is InChI=1S/C13H18N2OS/c1-2-13(16)15-11-5-3-10(4-6-11)14-12-7-8-17-9-12/h3-6,12,14H,2,7-9H2,1H3,(H,15,16). The van der Waals surface area contributed by atoms with E-state index in [-0.39, 0.29) is 5.91 Å². The predicted molar refractivity (Wildman–Crippen MR) is 74.7 cm³/mol. The van der Waals surface area contributed by atoms with Crippen LogP contribution in [0.3, 0.4) is 0 Å². The van der Waals surface area contributed by atoms with E-state index in [0.29, 0.717) is 12.5 Å². The van der Waals surface area contributed by atoms with Crippen molar-refractivity contribution in [2.24, 2.45) is 0 Å². The van der Waals surface area contributed by atoms with Crippen LogP contribution in [-0.4, -0.2) is 23.5 Å². The molecule has 92 valence electrons. The second kappa shape index (κ2) is 5.96. The Labute approximate surface area is 106 Å². The van der Waals surface area contributed by atoms with E-state index in [1.165, 1.54) is 17.9 Å². The molecule has 0 aliphatic carbocycles. The Kier molecular flexibility index (Phi) is 4.31. The van der Waals surface area contributed by atoms with Gasteiger partial charge in [-0.25, -0.2) is 0 Å². The summed E-state index contributed by atoms with van der Waals surface area (Å²) in [4.78, 5) is 11.2. The Balaban J connectivity index is 1.90. The van der Waals surface area contributed by atoms with Gasteiger partial charge in [-0.15, -0.1) is 0 Å². The van der Waals surface area contributed by atoms with Crippen molar-refractivity contribution < 1.29 is 4.79 Å². The van der Waals surface area contributed by atoms with Gasteiger partial charge in [0.15, 0.2) is 0 Å². The van der Waals surface area contributed by atoms with E-state index in [2.05, 4.69) is 10.6 Å². The minimum absolute atomic E-state index is 0.0536. The number of hydrogen-bond acceptors (Lipinski definition) is 3. The van der Waals surface area contributed by atoms with E-state index in [4.69, 9.17) is 0 Å². The minimum Gasteiger partial charge on any atom is -0.381 e. The molecule has 17 heavy (non-hydrogen) atoms. The first-order valence-corrected chi connectivity index (χ1v) is 7.17. The summed E-state index contributed by atoms with van der Waals surface area (Å²) in [5.74, 6) is 2.49. The fourth-order valence-corrected chi connectivity index (χ4v) is 2.94. The van der Waals surface area contributed by atoms with E-state index < -0.39 is 0 Å². The first kappa shape index (κ1) is 12.3. The summed E-state index contributed by atoms with van der Waals surface area (Å²) in [6, 6.07) is 8.52. The van der Waals surface area contributed by atoms with E-state index >= 15 is 0 Å². The summed E-state index contributed by atoms with van der Waals surface area (Å²) in [5, 5.41) is 6.34. The molecule has 2 rings (SSSR count). The maximum absolute atomic E-state index is 11.2. The topological polar surface area (TPSA) is 41.1 Å². The van der Waals surface area contributed by atoms with Crippen molar-refractivity contribution in [1.82, 2.24) is 0 Å². The minimum atomic E-state index is 0.0536. The first-order valence-electron chi connectivity index (χ1n) is 6.02. The van der Waals surface area contributed by atoms with Crippen LogP contribution >= 0.6 is 11.8 Å². The van der Waals surface area contributed by atoms with Crippen LogP contribution in [-0.2, 0) is 4.79 Å². The Hall–Kier alpha value is -1.16. The van der Waals surface area contributed by atoms with Crippen LogP contribution in [0.1, 0.15) is 19.8 Å². The molecular weight excluding hydrogens is 232 g/mol. The van der Waals surface area contributed by atoms with Crippen molar-refractivity contribution in [1.29, 1.82) is 0 Å². The molecule has 0 spiro atoms. The molecule has 0 aromatic heterocycles. The second-order valence-corrected chi connectivity index (χ2v) is 5.33. The Morgan fingerprint density at radius 3 is 2.65 bits per heavy atom. The Bertz CT molecular complexity index is 372. The number of amides is 1. The third-order valence-corrected chi connectivity index (χ3v) is 3.95. The van der Waals surface area contributed by atoms with Crippen molar-refractivity contribution in [2.45, 2.75) is 25.8 Å². The van der Waals surface area contributed by atoms with Gasteiger partial charge in [0.25, 0.3) is 0 Å². The highest BCUT2D eigenvalue weighted by molar-refractivity contribution is 7.99. The third-order valence-electron chi connectivity index (χ3n) is 2.79. The second-order valence-electron chi connectivity index (χ2n) is 4.18. The van der Waals surface area contributed by atoms with Crippen molar-refractivity contribution in [3.63, 3.8) is 0 Å². The summed E-state index contributed by atoms with van der Waals surface area (Å²) >= 11 is 2.00. The lowest BCUT2D eigenvalue weighted by Gasteiger charge is -2.13. The van der Waals surface area contributed by atoms with Gasteiger partial charge in [-0.3, -0.25) is 4.79 Å². The summed E-state index contributed by atoms with van der Waals surface area (Å²) < 4.78 is 0. The van der Waals surface area contributed by atoms with Crippen molar-refractivity contribution in [3.8, 4) is 0 Å². The lowest BCUT2D eigenvalue weighted by atomic mass is 10.2. The maximum Gasteiger partial charge on any atom is 0.224 e. The molecule has 1 saturated heterocycles. The van der Waals surface area contributed by atoms with Crippen LogP contribution in [0.25, 0.3) is 0 Å². The number of hydrogen-bond donors (Lipinski definition) is 2. The average Bonchev–Trinajstić information content (AvgIpc) is 2.84. The molecule has 0 bridgehead atoms. The molecule has 0 radical (unpaired) electrons. The van der Waals surface area contributed by atoms with Crippen molar-refractivity contribution in [3.05, 3.63) is 24.3 Å².